The Hall–Kier alpha value is -2.53. The van der Waals surface area contributed by atoms with Crippen LogP contribution in [0, 0.1) is 6.92 Å². The standard InChI is InChI=1S/C22H28N2O3/c1-17-6-5-8-20(14-17)27-19-10-12-24(13-11-19)16-22(25)23-15-18-7-3-4-9-21(18)26-2/h3-9,14,19H,10-13,15-16H2,1-2H3,(H,23,25). The first-order chi connectivity index (χ1) is 13.1. The Morgan fingerprint density at radius 1 is 1.15 bits per heavy atom. The minimum absolute atomic E-state index is 0.0407. The van der Waals surface area contributed by atoms with Crippen molar-refractivity contribution in [1.82, 2.24) is 10.2 Å². The van der Waals surface area contributed by atoms with Gasteiger partial charge in [-0.3, -0.25) is 9.69 Å². The zero-order valence-corrected chi connectivity index (χ0v) is 16.1. The number of amides is 1. The summed E-state index contributed by atoms with van der Waals surface area (Å²) in [6.07, 6.45) is 2.10. The van der Waals surface area contributed by atoms with E-state index in [0.29, 0.717) is 13.1 Å². The fourth-order valence-corrected chi connectivity index (χ4v) is 3.37. The number of carbonyl (C=O) groups is 1. The van der Waals surface area contributed by atoms with Gasteiger partial charge in [-0.25, -0.2) is 0 Å². The molecule has 0 bridgehead atoms. The van der Waals surface area contributed by atoms with Crippen molar-refractivity contribution < 1.29 is 14.3 Å². The SMILES string of the molecule is COc1ccccc1CNC(=O)CN1CCC(Oc2cccc(C)c2)CC1. The van der Waals surface area contributed by atoms with E-state index in [1.165, 1.54) is 5.56 Å². The maximum Gasteiger partial charge on any atom is 0.234 e. The lowest BCUT2D eigenvalue weighted by Crippen LogP contribution is -2.43. The molecule has 5 heteroatoms. The van der Waals surface area contributed by atoms with Crippen LogP contribution in [-0.2, 0) is 11.3 Å². The highest BCUT2D eigenvalue weighted by molar-refractivity contribution is 5.78. The third-order valence-corrected chi connectivity index (χ3v) is 4.86. The lowest BCUT2D eigenvalue weighted by molar-refractivity contribution is -0.122. The number of para-hydroxylation sites is 1. The van der Waals surface area contributed by atoms with Crippen molar-refractivity contribution in [3.8, 4) is 11.5 Å². The van der Waals surface area contributed by atoms with E-state index in [9.17, 15) is 4.79 Å². The molecule has 0 unspecified atom stereocenters. The van der Waals surface area contributed by atoms with Gasteiger partial charge < -0.3 is 14.8 Å². The summed E-state index contributed by atoms with van der Waals surface area (Å²) >= 11 is 0. The van der Waals surface area contributed by atoms with Crippen molar-refractivity contribution in [2.24, 2.45) is 0 Å². The van der Waals surface area contributed by atoms with Crippen LogP contribution in [0.3, 0.4) is 0 Å². The van der Waals surface area contributed by atoms with Crippen molar-refractivity contribution in [3.05, 3.63) is 59.7 Å². The van der Waals surface area contributed by atoms with Gasteiger partial charge in [0.05, 0.1) is 13.7 Å². The topological polar surface area (TPSA) is 50.8 Å². The second-order valence-electron chi connectivity index (χ2n) is 7.00. The summed E-state index contributed by atoms with van der Waals surface area (Å²) in [6, 6.07) is 15.9. The largest absolute Gasteiger partial charge is 0.496 e. The highest BCUT2D eigenvalue weighted by Gasteiger charge is 2.22. The first-order valence-corrected chi connectivity index (χ1v) is 9.48. The molecule has 1 aliphatic heterocycles. The molecule has 1 N–H and O–H groups in total. The number of ether oxygens (including phenoxy) is 2. The van der Waals surface area contributed by atoms with Crippen LogP contribution >= 0.6 is 0 Å². The molecule has 144 valence electrons. The Morgan fingerprint density at radius 2 is 1.93 bits per heavy atom. The van der Waals surface area contributed by atoms with E-state index < -0.39 is 0 Å². The number of methoxy groups -OCH3 is 1. The molecule has 1 heterocycles. The fraction of sp³-hybridized carbons (Fsp3) is 0.409. The van der Waals surface area contributed by atoms with E-state index in [1.807, 2.05) is 36.4 Å². The molecule has 2 aromatic carbocycles. The Labute approximate surface area is 161 Å². The molecule has 0 atom stereocenters. The first-order valence-electron chi connectivity index (χ1n) is 9.48. The maximum atomic E-state index is 12.3. The normalized spacial score (nSPS) is 15.3. The molecule has 2 aromatic rings. The summed E-state index contributed by atoms with van der Waals surface area (Å²) in [6.45, 7) is 4.72. The zero-order chi connectivity index (χ0) is 19.1. The second kappa shape index (κ2) is 9.42. The lowest BCUT2D eigenvalue weighted by atomic mass is 10.1. The number of nitrogens with one attached hydrogen (secondary N) is 1. The molecule has 5 nitrogen and oxygen atoms in total. The number of piperidine rings is 1. The number of aryl methyl sites for hydroxylation is 1. The van der Waals surface area contributed by atoms with Gasteiger partial charge in [0, 0.05) is 25.2 Å². The monoisotopic (exact) mass is 368 g/mol. The summed E-state index contributed by atoms with van der Waals surface area (Å²) in [5.74, 6) is 1.77. The molecular weight excluding hydrogens is 340 g/mol. The Balaban J connectivity index is 1.40. The fourth-order valence-electron chi connectivity index (χ4n) is 3.37. The number of rotatable bonds is 7. The molecule has 1 saturated heterocycles. The van der Waals surface area contributed by atoms with E-state index in [1.54, 1.807) is 7.11 Å². The quantitative estimate of drug-likeness (QED) is 0.816. The summed E-state index contributed by atoms with van der Waals surface area (Å²) in [4.78, 5) is 14.5. The predicted octanol–water partition coefficient (Wildman–Crippen LogP) is 3.16. The van der Waals surface area contributed by atoms with Gasteiger partial charge >= 0.3 is 0 Å². The van der Waals surface area contributed by atoms with Crippen LogP contribution in [-0.4, -0.2) is 43.7 Å². The molecule has 1 amide bonds. The number of benzene rings is 2. The van der Waals surface area contributed by atoms with Gasteiger partial charge in [-0.1, -0.05) is 30.3 Å². The van der Waals surface area contributed by atoms with Crippen LogP contribution < -0.4 is 14.8 Å². The molecular formula is C22H28N2O3. The number of nitrogens with zero attached hydrogens (tertiary/aromatic N) is 1. The number of hydrogen-bond donors (Lipinski definition) is 1. The third kappa shape index (κ3) is 5.73. The van der Waals surface area contributed by atoms with E-state index in [2.05, 4.69) is 29.3 Å². The number of carbonyl (C=O) groups excluding carboxylic acids is 1. The van der Waals surface area contributed by atoms with Crippen LogP contribution in [0.25, 0.3) is 0 Å². The summed E-state index contributed by atoms with van der Waals surface area (Å²) in [5.41, 5.74) is 2.19. The molecule has 1 aliphatic rings. The van der Waals surface area contributed by atoms with Crippen LogP contribution in [0.2, 0.25) is 0 Å². The summed E-state index contributed by atoms with van der Waals surface area (Å²) in [5, 5.41) is 2.99. The van der Waals surface area contributed by atoms with Gasteiger partial charge in [0.2, 0.25) is 5.91 Å². The van der Waals surface area contributed by atoms with Gasteiger partial charge in [-0.15, -0.1) is 0 Å². The number of hydrogen-bond acceptors (Lipinski definition) is 4. The van der Waals surface area contributed by atoms with E-state index in [0.717, 1.165) is 43.0 Å². The van der Waals surface area contributed by atoms with Crippen LogP contribution in [0.5, 0.6) is 11.5 Å². The Morgan fingerprint density at radius 3 is 2.67 bits per heavy atom. The molecule has 0 saturated carbocycles. The minimum Gasteiger partial charge on any atom is -0.496 e. The molecule has 27 heavy (non-hydrogen) atoms. The van der Waals surface area contributed by atoms with Crippen molar-refractivity contribution in [2.45, 2.75) is 32.4 Å². The van der Waals surface area contributed by atoms with Crippen LogP contribution in [0.15, 0.2) is 48.5 Å². The van der Waals surface area contributed by atoms with Crippen LogP contribution in [0.1, 0.15) is 24.0 Å². The van der Waals surface area contributed by atoms with Crippen molar-refractivity contribution in [1.29, 1.82) is 0 Å². The minimum atomic E-state index is 0.0407. The third-order valence-electron chi connectivity index (χ3n) is 4.86. The maximum absolute atomic E-state index is 12.3. The van der Waals surface area contributed by atoms with E-state index in [4.69, 9.17) is 9.47 Å². The van der Waals surface area contributed by atoms with E-state index in [-0.39, 0.29) is 12.0 Å². The molecule has 3 rings (SSSR count). The smallest absolute Gasteiger partial charge is 0.234 e. The Bertz CT molecular complexity index is 755. The lowest BCUT2D eigenvalue weighted by Gasteiger charge is -2.31. The van der Waals surface area contributed by atoms with Gasteiger partial charge in [-0.05, 0) is 43.5 Å². The highest BCUT2D eigenvalue weighted by atomic mass is 16.5. The van der Waals surface area contributed by atoms with Crippen molar-refractivity contribution in [3.63, 3.8) is 0 Å². The van der Waals surface area contributed by atoms with Crippen molar-refractivity contribution >= 4 is 5.91 Å². The average molecular weight is 368 g/mol. The zero-order valence-electron chi connectivity index (χ0n) is 16.1. The van der Waals surface area contributed by atoms with Gasteiger partial charge in [0.1, 0.15) is 17.6 Å². The highest BCUT2D eigenvalue weighted by Crippen LogP contribution is 2.20. The summed E-state index contributed by atoms with van der Waals surface area (Å²) in [7, 11) is 1.64. The predicted molar refractivity (Wildman–Crippen MR) is 106 cm³/mol. The average Bonchev–Trinajstić information content (AvgIpc) is 2.68. The second-order valence-corrected chi connectivity index (χ2v) is 7.00. The van der Waals surface area contributed by atoms with Gasteiger partial charge in [0.25, 0.3) is 0 Å². The molecule has 0 radical (unpaired) electrons. The molecule has 0 aromatic heterocycles. The summed E-state index contributed by atoms with van der Waals surface area (Å²) < 4.78 is 11.4. The molecule has 0 spiro atoms. The molecule has 0 aliphatic carbocycles. The van der Waals surface area contributed by atoms with E-state index >= 15 is 0 Å². The van der Waals surface area contributed by atoms with Crippen LogP contribution in [0.4, 0.5) is 0 Å². The molecule has 1 fully saturated rings. The Kier molecular flexibility index (Phi) is 6.71. The number of likely N-dealkylation sites (tertiary alicyclic amines) is 1. The van der Waals surface area contributed by atoms with Gasteiger partial charge in [0.15, 0.2) is 0 Å². The van der Waals surface area contributed by atoms with Crippen molar-refractivity contribution in [2.75, 3.05) is 26.7 Å². The first kappa shape index (κ1) is 19.2. The van der Waals surface area contributed by atoms with Gasteiger partial charge in [-0.2, -0.15) is 0 Å².